The van der Waals surface area contributed by atoms with Gasteiger partial charge >= 0.3 is 5.97 Å². The molecule has 0 unspecified atom stereocenters. The molecule has 0 bridgehead atoms. The van der Waals surface area contributed by atoms with Crippen molar-refractivity contribution in [2.24, 2.45) is 0 Å². The molecule has 0 saturated carbocycles. The lowest BCUT2D eigenvalue weighted by molar-refractivity contribution is -0.254. The maximum Gasteiger partial charge on any atom is 0.337 e. The first-order valence-corrected chi connectivity index (χ1v) is 9.37. The number of aryl methyl sites for hydroxylation is 1. The largest absolute Gasteiger partial charge is 0.544 e. The molecule has 1 aromatic carbocycles. The minimum atomic E-state index is -1.30. The fourth-order valence-corrected chi connectivity index (χ4v) is 4.39. The maximum atomic E-state index is 12.9. The Morgan fingerprint density at radius 1 is 1.29 bits per heavy atom. The van der Waals surface area contributed by atoms with Crippen LogP contribution in [0.3, 0.4) is 0 Å². The van der Waals surface area contributed by atoms with Crippen molar-refractivity contribution in [1.82, 2.24) is 9.55 Å². The Morgan fingerprint density at radius 2 is 2.00 bits per heavy atom. The highest BCUT2D eigenvalue weighted by atomic mass is 32.1. The van der Waals surface area contributed by atoms with Crippen molar-refractivity contribution in [2.45, 2.75) is 19.9 Å². The minimum Gasteiger partial charge on any atom is -0.544 e. The Hall–Kier alpha value is -3.26. The lowest BCUT2D eigenvalue weighted by Crippen LogP contribution is -2.23. The summed E-state index contributed by atoms with van der Waals surface area (Å²) in [6.45, 7) is 2.09. The van der Waals surface area contributed by atoms with Crippen molar-refractivity contribution in [3.05, 3.63) is 62.0 Å². The van der Waals surface area contributed by atoms with E-state index in [1.165, 1.54) is 7.11 Å². The molecule has 28 heavy (non-hydrogen) atoms. The maximum absolute atomic E-state index is 12.9. The van der Waals surface area contributed by atoms with E-state index < -0.39 is 11.9 Å². The second-order valence-electron chi connectivity index (χ2n) is 6.45. The molecule has 0 N–H and O–H groups in total. The summed E-state index contributed by atoms with van der Waals surface area (Å²) in [6.07, 6.45) is 2.56. The van der Waals surface area contributed by atoms with Gasteiger partial charge < -0.3 is 14.6 Å². The van der Waals surface area contributed by atoms with Crippen molar-refractivity contribution in [1.29, 1.82) is 0 Å². The number of rotatable bonds is 3. The van der Waals surface area contributed by atoms with E-state index in [0.29, 0.717) is 40.1 Å². The van der Waals surface area contributed by atoms with Crippen LogP contribution in [0.25, 0.3) is 21.9 Å². The van der Waals surface area contributed by atoms with Crippen LogP contribution < -0.4 is 10.7 Å². The van der Waals surface area contributed by atoms with Gasteiger partial charge in [-0.25, -0.2) is 9.78 Å². The predicted octanol–water partition coefficient (Wildman–Crippen LogP) is 1.86. The molecule has 8 heteroatoms. The van der Waals surface area contributed by atoms with Gasteiger partial charge in [0, 0.05) is 6.54 Å². The van der Waals surface area contributed by atoms with E-state index in [1.54, 1.807) is 35.8 Å². The summed E-state index contributed by atoms with van der Waals surface area (Å²) >= 11 is 0.963. The van der Waals surface area contributed by atoms with Crippen molar-refractivity contribution >= 4 is 45.1 Å². The van der Waals surface area contributed by atoms with Gasteiger partial charge in [-0.1, -0.05) is 12.1 Å². The lowest BCUT2D eigenvalue weighted by Gasteiger charge is -2.04. The number of carbonyl (C=O) groups is 2. The second-order valence-corrected chi connectivity index (χ2v) is 7.45. The van der Waals surface area contributed by atoms with Gasteiger partial charge in [0.15, 0.2) is 0 Å². The number of carbonyl (C=O) groups excluding carboxylic acids is 2. The summed E-state index contributed by atoms with van der Waals surface area (Å²) in [5.74, 6) is -1.16. The highest BCUT2D eigenvalue weighted by Crippen LogP contribution is 2.32. The minimum absolute atomic E-state index is 0.0350. The lowest BCUT2D eigenvalue weighted by atomic mass is 10.1. The molecule has 0 fully saturated rings. The predicted molar refractivity (Wildman–Crippen MR) is 103 cm³/mol. The standard InChI is InChI=1S/C20H16N2O5S/c1-10-14-17(28-15(10)19(24)25)21-16-13(7-8-22(16)18(14)23)9-11-3-5-12(6-4-11)20(26)27-2/h3-6,9H,7-8H2,1-2H3,(H,24,25)/p-1/b13-9+. The van der Waals surface area contributed by atoms with Crippen LogP contribution >= 0.6 is 11.3 Å². The number of carboxylic acid groups (broad SMARTS) is 1. The Bertz CT molecular complexity index is 1220. The van der Waals surface area contributed by atoms with Gasteiger partial charge in [0.1, 0.15) is 10.7 Å². The smallest absolute Gasteiger partial charge is 0.337 e. The number of methoxy groups -OCH3 is 1. The first kappa shape index (κ1) is 18.1. The molecular formula is C20H15N2O5S-. The Balaban J connectivity index is 1.79. The number of aromatic carboxylic acids is 1. The fourth-order valence-electron chi connectivity index (χ4n) is 3.38. The zero-order valence-electron chi connectivity index (χ0n) is 15.1. The van der Waals surface area contributed by atoms with Crippen LogP contribution in [0.15, 0.2) is 29.1 Å². The van der Waals surface area contributed by atoms with Gasteiger partial charge in [0.05, 0.1) is 28.9 Å². The molecule has 0 amide bonds. The molecule has 0 saturated heterocycles. The van der Waals surface area contributed by atoms with E-state index in [9.17, 15) is 19.5 Å². The zero-order chi connectivity index (χ0) is 20.0. The topological polar surface area (TPSA) is 101 Å². The van der Waals surface area contributed by atoms with Gasteiger partial charge in [-0.05, 0) is 48.3 Å². The van der Waals surface area contributed by atoms with E-state index in [-0.39, 0.29) is 10.4 Å². The first-order valence-electron chi connectivity index (χ1n) is 8.55. The number of hydrogen-bond acceptors (Lipinski definition) is 7. The van der Waals surface area contributed by atoms with E-state index in [4.69, 9.17) is 4.74 Å². The van der Waals surface area contributed by atoms with Gasteiger partial charge in [-0.3, -0.25) is 9.36 Å². The third-order valence-electron chi connectivity index (χ3n) is 4.80. The number of thiophene rings is 1. The molecule has 4 rings (SSSR count). The Morgan fingerprint density at radius 3 is 2.64 bits per heavy atom. The summed E-state index contributed by atoms with van der Waals surface area (Å²) in [6, 6.07) is 6.93. The highest BCUT2D eigenvalue weighted by Gasteiger charge is 2.24. The van der Waals surface area contributed by atoms with Crippen LogP contribution in [0.1, 0.15) is 43.4 Å². The number of allylic oxidation sites excluding steroid dienone is 1. The first-order chi connectivity index (χ1) is 13.4. The molecule has 1 aliphatic rings. The van der Waals surface area contributed by atoms with Crippen molar-refractivity contribution in [3.8, 4) is 0 Å². The second kappa shape index (κ2) is 6.72. The quantitative estimate of drug-likeness (QED) is 0.628. The molecule has 2 aromatic heterocycles. The van der Waals surface area contributed by atoms with Crippen LogP contribution in [0.4, 0.5) is 0 Å². The zero-order valence-corrected chi connectivity index (χ0v) is 16.0. The molecule has 7 nitrogen and oxygen atoms in total. The van der Waals surface area contributed by atoms with Crippen molar-refractivity contribution < 1.29 is 19.4 Å². The molecule has 0 spiro atoms. The molecule has 3 heterocycles. The van der Waals surface area contributed by atoms with Gasteiger partial charge in [0.25, 0.3) is 5.56 Å². The SMILES string of the molecule is COC(=O)c1ccc(/C=C2\CCn3c2nc2sc(C(=O)[O-])c(C)c2c3=O)cc1. The number of aromatic nitrogens is 2. The summed E-state index contributed by atoms with van der Waals surface area (Å²) in [4.78, 5) is 40.7. The molecule has 0 radical (unpaired) electrons. The number of ether oxygens (including phenoxy) is 1. The molecule has 3 aromatic rings. The summed E-state index contributed by atoms with van der Waals surface area (Å²) in [7, 11) is 1.33. The third-order valence-corrected chi connectivity index (χ3v) is 5.97. The number of nitrogens with zero attached hydrogens (tertiary/aromatic N) is 2. The molecule has 0 atom stereocenters. The summed E-state index contributed by atoms with van der Waals surface area (Å²) in [5.41, 5.74) is 2.37. The van der Waals surface area contributed by atoms with Crippen molar-refractivity contribution in [3.63, 3.8) is 0 Å². The van der Waals surface area contributed by atoms with Gasteiger partial charge in [-0.15, -0.1) is 11.3 Å². The summed E-state index contributed by atoms with van der Waals surface area (Å²) in [5, 5.41) is 11.6. The molecule has 142 valence electrons. The van der Waals surface area contributed by atoms with E-state index in [2.05, 4.69) is 4.98 Å². The Labute approximate surface area is 163 Å². The number of esters is 1. The third kappa shape index (κ3) is 2.82. The number of fused-ring (bicyclic) bond motifs is 2. The number of hydrogen-bond donors (Lipinski definition) is 0. The number of benzene rings is 1. The van der Waals surface area contributed by atoms with Gasteiger partial charge in [-0.2, -0.15) is 0 Å². The van der Waals surface area contributed by atoms with Gasteiger partial charge in [0.2, 0.25) is 0 Å². The normalized spacial score (nSPS) is 14.4. The molecular weight excluding hydrogens is 380 g/mol. The number of carboxylic acids is 1. The summed E-state index contributed by atoms with van der Waals surface area (Å²) < 4.78 is 6.27. The van der Waals surface area contributed by atoms with Crippen LogP contribution in [0, 0.1) is 6.92 Å². The monoisotopic (exact) mass is 395 g/mol. The Kier molecular flexibility index (Phi) is 4.35. The average Bonchev–Trinajstić information content (AvgIpc) is 3.24. The van der Waals surface area contributed by atoms with E-state index in [1.807, 2.05) is 6.08 Å². The molecule has 1 aliphatic heterocycles. The van der Waals surface area contributed by atoms with Crippen molar-refractivity contribution in [2.75, 3.05) is 7.11 Å². The molecule has 0 aliphatic carbocycles. The highest BCUT2D eigenvalue weighted by molar-refractivity contribution is 7.20. The average molecular weight is 395 g/mol. The van der Waals surface area contributed by atoms with Crippen LogP contribution in [-0.4, -0.2) is 28.6 Å². The van der Waals surface area contributed by atoms with E-state index >= 15 is 0 Å². The van der Waals surface area contributed by atoms with E-state index in [0.717, 1.165) is 22.5 Å². The fraction of sp³-hybridized carbons (Fsp3) is 0.200. The van der Waals surface area contributed by atoms with Crippen LogP contribution in [0.5, 0.6) is 0 Å². The van der Waals surface area contributed by atoms with Crippen LogP contribution in [-0.2, 0) is 11.3 Å². The van der Waals surface area contributed by atoms with Crippen LogP contribution in [0.2, 0.25) is 0 Å².